The minimum absolute atomic E-state index is 0.609. The van der Waals surface area contributed by atoms with Gasteiger partial charge in [0.05, 0.1) is 0 Å². The highest BCUT2D eigenvalue weighted by atomic mass is 35.5. The van der Waals surface area contributed by atoms with Crippen LogP contribution in [-0.2, 0) is 6.54 Å². The largest absolute Gasteiger partial charge is 0.486 e. The molecule has 0 spiro atoms. The van der Waals surface area contributed by atoms with Gasteiger partial charge in [-0.05, 0) is 42.3 Å². The molecule has 4 heteroatoms. The Balaban J connectivity index is 1.70. The molecule has 2 aromatic rings. The number of ether oxygens (including phenoxy) is 2. The smallest absolute Gasteiger partial charge is 0.161 e. The van der Waals surface area contributed by atoms with E-state index in [1.807, 2.05) is 43.3 Å². The van der Waals surface area contributed by atoms with Crippen LogP contribution in [0.1, 0.15) is 11.1 Å². The van der Waals surface area contributed by atoms with Crippen LogP contribution in [0, 0.1) is 6.92 Å². The van der Waals surface area contributed by atoms with E-state index in [2.05, 4.69) is 5.32 Å². The number of rotatable bonds is 3. The van der Waals surface area contributed by atoms with Crippen LogP contribution < -0.4 is 14.8 Å². The minimum atomic E-state index is 0.609. The van der Waals surface area contributed by atoms with E-state index >= 15 is 0 Å². The van der Waals surface area contributed by atoms with Gasteiger partial charge in [0.2, 0.25) is 0 Å². The van der Waals surface area contributed by atoms with Gasteiger partial charge in [0.1, 0.15) is 13.2 Å². The molecule has 1 heterocycles. The van der Waals surface area contributed by atoms with Gasteiger partial charge in [-0.2, -0.15) is 0 Å². The van der Waals surface area contributed by atoms with E-state index < -0.39 is 0 Å². The summed E-state index contributed by atoms with van der Waals surface area (Å²) in [6.07, 6.45) is 0. The molecule has 0 aromatic heterocycles. The summed E-state index contributed by atoms with van der Waals surface area (Å²) in [7, 11) is 0. The van der Waals surface area contributed by atoms with Gasteiger partial charge in [0.25, 0.3) is 0 Å². The Kier molecular flexibility index (Phi) is 3.70. The number of benzene rings is 2. The third kappa shape index (κ3) is 2.83. The van der Waals surface area contributed by atoms with Crippen LogP contribution in [0.5, 0.6) is 11.5 Å². The molecule has 0 bridgehead atoms. The zero-order valence-electron chi connectivity index (χ0n) is 11.3. The van der Waals surface area contributed by atoms with E-state index in [-0.39, 0.29) is 0 Å². The molecule has 0 saturated heterocycles. The van der Waals surface area contributed by atoms with Gasteiger partial charge < -0.3 is 14.8 Å². The number of nitrogens with one attached hydrogen (secondary N) is 1. The van der Waals surface area contributed by atoms with E-state index in [4.69, 9.17) is 21.1 Å². The zero-order chi connectivity index (χ0) is 13.9. The Labute approximate surface area is 123 Å². The molecule has 1 aliphatic heterocycles. The van der Waals surface area contributed by atoms with Gasteiger partial charge in [-0.15, -0.1) is 0 Å². The van der Waals surface area contributed by atoms with Crippen molar-refractivity contribution >= 4 is 17.3 Å². The second-order valence-electron chi connectivity index (χ2n) is 4.80. The molecule has 0 fully saturated rings. The highest BCUT2D eigenvalue weighted by Gasteiger charge is 2.11. The summed E-state index contributed by atoms with van der Waals surface area (Å²) in [5, 5.41) is 4.13. The summed E-state index contributed by atoms with van der Waals surface area (Å²) >= 11 is 6.11. The Morgan fingerprint density at radius 3 is 2.65 bits per heavy atom. The van der Waals surface area contributed by atoms with E-state index in [0.29, 0.717) is 13.2 Å². The van der Waals surface area contributed by atoms with E-state index in [1.54, 1.807) is 0 Å². The highest BCUT2D eigenvalue weighted by Crippen LogP contribution is 2.31. The van der Waals surface area contributed by atoms with Crippen LogP contribution >= 0.6 is 11.6 Å². The number of fused-ring (bicyclic) bond motifs is 1. The number of aryl methyl sites for hydroxylation is 1. The van der Waals surface area contributed by atoms with Crippen LogP contribution in [0.25, 0.3) is 0 Å². The molecule has 3 rings (SSSR count). The molecule has 0 unspecified atom stereocenters. The molecular weight excluding hydrogens is 274 g/mol. The van der Waals surface area contributed by atoms with Gasteiger partial charge >= 0.3 is 0 Å². The second kappa shape index (κ2) is 5.63. The maximum Gasteiger partial charge on any atom is 0.161 e. The Morgan fingerprint density at radius 1 is 1.05 bits per heavy atom. The lowest BCUT2D eigenvalue weighted by molar-refractivity contribution is 0.171. The fraction of sp³-hybridized carbons (Fsp3) is 0.250. The molecule has 0 amide bonds. The fourth-order valence-corrected chi connectivity index (χ4v) is 2.29. The molecule has 2 aromatic carbocycles. The first-order valence-electron chi connectivity index (χ1n) is 6.61. The Morgan fingerprint density at radius 2 is 1.85 bits per heavy atom. The van der Waals surface area contributed by atoms with Crippen molar-refractivity contribution in [3.63, 3.8) is 0 Å². The van der Waals surface area contributed by atoms with Crippen LogP contribution in [-0.4, -0.2) is 13.2 Å². The van der Waals surface area contributed by atoms with E-state index in [1.165, 1.54) is 0 Å². The van der Waals surface area contributed by atoms with Crippen LogP contribution in [0.3, 0.4) is 0 Å². The SMILES string of the molecule is Cc1ccc(NCc2ccc3c(c2)OCCO3)cc1Cl. The molecular formula is C16H16ClNO2. The fourth-order valence-electron chi connectivity index (χ4n) is 2.10. The standard InChI is InChI=1S/C16H16ClNO2/c1-11-2-4-13(9-14(11)17)18-10-12-3-5-15-16(8-12)20-7-6-19-15/h2-5,8-9,18H,6-7,10H2,1H3. The van der Waals surface area contributed by atoms with Crippen molar-refractivity contribution in [3.05, 3.63) is 52.5 Å². The Bertz CT molecular complexity index is 628. The first-order valence-corrected chi connectivity index (χ1v) is 6.99. The third-order valence-electron chi connectivity index (χ3n) is 3.28. The molecule has 1 N–H and O–H groups in total. The van der Waals surface area contributed by atoms with Gasteiger partial charge in [0.15, 0.2) is 11.5 Å². The normalized spacial score (nSPS) is 13.1. The van der Waals surface area contributed by atoms with E-state index in [9.17, 15) is 0 Å². The molecule has 20 heavy (non-hydrogen) atoms. The van der Waals surface area contributed by atoms with Crippen molar-refractivity contribution in [1.82, 2.24) is 0 Å². The van der Waals surface area contributed by atoms with Gasteiger partial charge in [-0.3, -0.25) is 0 Å². The van der Waals surface area contributed by atoms with Crippen molar-refractivity contribution in [2.75, 3.05) is 18.5 Å². The molecule has 0 saturated carbocycles. The number of hydrogen-bond donors (Lipinski definition) is 1. The van der Waals surface area contributed by atoms with Crippen molar-refractivity contribution < 1.29 is 9.47 Å². The molecule has 104 valence electrons. The number of anilines is 1. The first-order chi connectivity index (χ1) is 9.72. The monoisotopic (exact) mass is 289 g/mol. The van der Waals surface area contributed by atoms with Crippen LogP contribution in [0.4, 0.5) is 5.69 Å². The van der Waals surface area contributed by atoms with Crippen molar-refractivity contribution in [2.45, 2.75) is 13.5 Å². The van der Waals surface area contributed by atoms with Crippen molar-refractivity contribution in [3.8, 4) is 11.5 Å². The van der Waals surface area contributed by atoms with Crippen LogP contribution in [0.15, 0.2) is 36.4 Å². The van der Waals surface area contributed by atoms with Crippen molar-refractivity contribution in [1.29, 1.82) is 0 Å². The van der Waals surface area contributed by atoms with Gasteiger partial charge in [-0.1, -0.05) is 23.7 Å². The maximum absolute atomic E-state index is 6.11. The lowest BCUT2D eigenvalue weighted by Gasteiger charge is -2.19. The quantitative estimate of drug-likeness (QED) is 0.925. The lowest BCUT2D eigenvalue weighted by atomic mass is 10.1. The van der Waals surface area contributed by atoms with Gasteiger partial charge in [-0.25, -0.2) is 0 Å². The number of hydrogen-bond acceptors (Lipinski definition) is 3. The molecule has 0 aliphatic carbocycles. The Hall–Kier alpha value is -1.87. The van der Waals surface area contributed by atoms with E-state index in [0.717, 1.165) is 39.9 Å². The predicted molar refractivity (Wildman–Crippen MR) is 80.9 cm³/mol. The molecule has 1 aliphatic rings. The van der Waals surface area contributed by atoms with Crippen molar-refractivity contribution in [2.24, 2.45) is 0 Å². The zero-order valence-corrected chi connectivity index (χ0v) is 12.0. The lowest BCUT2D eigenvalue weighted by Crippen LogP contribution is -2.15. The average Bonchev–Trinajstić information content (AvgIpc) is 2.48. The van der Waals surface area contributed by atoms with Crippen LogP contribution in [0.2, 0.25) is 5.02 Å². The summed E-state index contributed by atoms with van der Waals surface area (Å²) in [5.74, 6) is 1.64. The summed E-state index contributed by atoms with van der Waals surface area (Å²) in [5.41, 5.74) is 3.23. The first kappa shape index (κ1) is 13.1. The maximum atomic E-state index is 6.11. The summed E-state index contributed by atoms with van der Waals surface area (Å²) < 4.78 is 11.1. The average molecular weight is 290 g/mol. The highest BCUT2D eigenvalue weighted by molar-refractivity contribution is 6.31. The van der Waals surface area contributed by atoms with Gasteiger partial charge in [0, 0.05) is 17.3 Å². The summed E-state index contributed by atoms with van der Waals surface area (Å²) in [6, 6.07) is 12.0. The summed E-state index contributed by atoms with van der Waals surface area (Å²) in [4.78, 5) is 0. The molecule has 0 radical (unpaired) electrons. The summed E-state index contributed by atoms with van der Waals surface area (Å²) in [6.45, 7) is 3.94. The topological polar surface area (TPSA) is 30.5 Å². The third-order valence-corrected chi connectivity index (χ3v) is 3.68. The molecule has 0 atom stereocenters. The number of halogens is 1. The molecule has 3 nitrogen and oxygen atoms in total. The second-order valence-corrected chi connectivity index (χ2v) is 5.20. The predicted octanol–water partition coefficient (Wildman–Crippen LogP) is 4.03. The minimum Gasteiger partial charge on any atom is -0.486 e.